The van der Waals surface area contributed by atoms with E-state index in [0.29, 0.717) is 0 Å². The van der Waals surface area contributed by atoms with E-state index in [9.17, 15) is 0 Å². The normalized spacial score (nSPS) is 30.3. The SMILES string of the molecule is PC(c1cccnc1)(c1cccnc1)[c-]1cc(-c2ccccc2)c(-c2ccccc2)c1CP(C1C2CC3CC(C2)CC1C3)C1C2CC3CC(C2)CC1C3.[Fe].[cH-]1[cH-][cH-][cH-][cH-]1. The van der Waals surface area contributed by atoms with Crippen LogP contribution < -0.4 is 0 Å². The number of hydrogen-bond donors (Lipinski definition) is 0. The third kappa shape index (κ3) is 7.39. The molecule has 2 aromatic heterocycles. The fraction of sp³-hybridized carbons (Fsp3) is 0.407. The van der Waals surface area contributed by atoms with Crippen LogP contribution in [0.4, 0.5) is 0 Å². The summed E-state index contributed by atoms with van der Waals surface area (Å²) >= 11 is 0. The Kier molecular flexibility index (Phi) is 11.5. The van der Waals surface area contributed by atoms with Gasteiger partial charge in [-0.1, -0.05) is 91.8 Å². The molecule has 8 aliphatic rings. The fourth-order valence-electron chi connectivity index (χ4n) is 14.4. The monoisotopic (exact) mass is 852 g/mol. The summed E-state index contributed by atoms with van der Waals surface area (Å²) in [6.45, 7) is 0. The summed E-state index contributed by atoms with van der Waals surface area (Å²) in [7, 11) is 3.18. The van der Waals surface area contributed by atoms with Crippen LogP contribution in [0.2, 0.25) is 0 Å². The molecule has 1 unspecified atom stereocenters. The van der Waals surface area contributed by atoms with Gasteiger partial charge in [0.2, 0.25) is 0 Å². The van der Waals surface area contributed by atoms with E-state index >= 15 is 0 Å². The Morgan fingerprint density at radius 2 is 0.983 bits per heavy atom. The zero-order valence-electron chi connectivity index (χ0n) is 34.2. The molecular formula is C54H58FeN2P2-6. The molecule has 0 N–H and O–H groups in total. The van der Waals surface area contributed by atoms with Crippen LogP contribution in [0.3, 0.4) is 0 Å². The first-order chi connectivity index (χ1) is 28.6. The van der Waals surface area contributed by atoms with Crippen molar-refractivity contribution >= 4 is 17.2 Å². The van der Waals surface area contributed by atoms with Crippen LogP contribution in [0.25, 0.3) is 22.3 Å². The van der Waals surface area contributed by atoms with E-state index in [2.05, 4.69) is 113 Å². The van der Waals surface area contributed by atoms with Crippen LogP contribution in [-0.2, 0) is 28.4 Å². The summed E-state index contributed by atoms with van der Waals surface area (Å²) in [6, 6.07) is 44.2. The van der Waals surface area contributed by atoms with Crippen molar-refractivity contribution in [2.75, 3.05) is 0 Å². The van der Waals surface area contributed by atoms with Gasteiger partial charge in [-0.3, -0.25) is 9.97 Å². The Balaban J connectivity index is 0.000000655. The van der Waals surface area contributed by atoms with Crippen LogP contribution in [0.5, 0.6) is 0 Å². The van der Waals surface area contributed by atoms with E-state index in [4.69, 9.17) is 9.97 Å². The van der Waals surface area contributed by atoms with Crippen molar-refractivity contribution in [3.63, 3.8) is 0 Å². The van der Waals surface area contributed by atoms with Crippen molar-refractivity contribution in [1.82, 2.24) is 9.97 Å². The second-order valence-corrected chi connectivity index (χ2v) is 22.7. The molecule has 0 saturated heterocycles. The number of pyridine rings is 2. The predicted molar refractivity (Wildman–Crippen MR) is 245 cm³/mol. The summed E-state index contributed by atoms with van der Waals surface area (Å²) < 4.78 is 0. The standard InChI is InChI=1S/C49H53N2P2.C5H5.Fe/c52-49(41-13-7-15-50-28-41,42-14-8-16-51-29-42)45-27-43(35-9-3-1-4-10-35)46(36-11-5-2-6-12-36)44(45)30-53(47-37-19-31-17-32(21-37)22-38(47)20-31)48-39-23-33-18-34(25-39)26-40(48)24-33;1-2-4-5-3-1;/h1-16,27-29,31-34,37-40,47-48H,17-26,30,52H2;1-5H;/q-1;-5;. The van der Waals surface area contributed by atoms with Gasteiger partial charge in [0.05, 0.1) is 0 Å². The minimum atomic E-state index is -0.483. The minimum absolute atomic E-state index is 0. The van der Waals surface area contributed by atoms with Gasteiger partial charge in [-0.2, -0.15) is 22.8 Å². The van der Waals surface area contributed by atoms with Crippen LogP contribution >= 0.6 is 17.2 Å². The summed E-state index contributed by atoms with van der Waals surface area (Å²) in [5.41, 5.74) is 12.9. The molecule has 8 saturated carbocycles. The van der Waals surface area contributed by atoms with E-state index in [0.717, 1.165) is 58.7 Å². The van der Waals surface area contributed by atoms with Gasteiger partial charge in [0, 0.05) is 47.0 Å². The molecule has 1 atom stereocenters. The first-order valence-corrected chi connectivity index (χ1v) is 24.8. The molecule has 8 aliphatic carbocycles. The number of hydrogen-bond acceptors (Lipinski definition) is 2. The summed E-state index contributed by atoms with van der Waals surface area (Å²) in [5.74, 6) is 7.88. The zero-order chi connectivity index (χ0) is 38.6. The van der Waals surface area contributed by atoms with Crippen LogP contribution in [0, 0.1) is 47.3 Å². The van der Waals surface area contributed by atoms with Gasteiger partial charge in [0.15, 0.2) is 0 Å². The first kappa shape index (κ1) is 39.9. The third-order valence-electron chi connectivity index (χ3n) is 16.0. The van der Waals surface area contributed by atoms with E-state index in [-0.39, 0.29) is 25.0 Å². The Hall–Kier alpha value is -3.18. The summed E-state index contributed by atoms with van der Waals surface area (Å²) in [4.78, 5) is 9.51. The van der Waals surface area contributed by atoms with E-state index in [1.54, 1.807) is 5.56 Å². The number of rotatable bonds is 9. The third-order valence-corrected chi connectivity index (χ3v) is 20.9. The van der Waals surface area contributed by atoms with Gasteiger partial charge < -0.3 is 30.3 Å². The Labute approximate surface area is 367 Å². The zero-order valence-corrected chi connectivity index (χ0v) is 37.3. The average Bonchev–Trinajstić information content (AvgIpc) is 3.97. The fourth-order valence-corrected chi connectivity index (χ4v) is 19.6. The van der Waals surface area contributed by atoms with Gasteiger partial charge in [-0.15, -0.1) is 14.8 Å². The second-order valence-electron chi connectivity index (χ2n) is 19.3. The van der Waals surface area contributed by atoms with Gasteiger partial charge >= 0.3 is 0 Å². The van der Waals surface area contributed by atoms with Crippen molar-refractivity contribution in [2.24, 2.45) is 47.3 Å². The molecule has 8 bridgehead atoms. The van der Waals surface area contributed by atoms with Crippen LogP contribution in [0.1, 0.15) is 86.5 Å². The Morgan fingerprint density at radius 3 is 1.39 bits per heavy atom. The summed E-state index contributed by atoms with van der Waals surface area (Å²) in [5, 5.41) is -0.483. The van der Waals surface area contributed by atoms with Gasteiger partial charge in [0.1, 0.15) is 0 Å². The first-order valence-electron chi connectivity index (χ1n) is 22.6. The Morgan fingerprint density at radius 1 is 0.559 bits per heavy atom. The molecule has 308 valence electrons. The van der Waals surface area contributed by atoms with E-state index < -0.39 is 5.16 Å². The number of nitrogens with zero attached hydrogens (tertiary/aromatic N) is 2. The van der Waals surface area contributed by atoms with Crippen molar-refractivity contribution < 1.29 is 17.1 Å². The van der Waals surface area contributed by atoms with E-state index in [1.165, 1.54) is 109 Å². The predicted octanol–water partition coefficient (Wildman–Crippen LogP) is 13.7. The molecule has 2 nitrogen and oxygen atoms in total. The maximum absolute atomic E-state index is 4.75. The maximum atomic E-state index is 4.75. The molecule has 8 fully saturated rings. The molecule has 0 amide bonds. The quantitative estimate of drug-likeness (QED) is 0.0823. The topological polar surface area (TPSA) is 25.8 Å². The molecule has 59 heavy (non-hydrogen) atoms. The second kappa shape index (κ2) is 16.9. The summed E-state index contributed by atoms with van der Waals surface area (Å²) in [6.07, 6.45) is 24.6. The largest absolute Gasteiger partial charge is 0.748 e. The molecule has 0 radical (unpaired) electrons. The van der Waals surface area contributed by atoms with Crippen molar-refractivity contribution in [2.45, 2.75) is 86.8 Å². The van der Waals surface area contributed by atoms with Crippen molar-refractivity contribution in [1.29, 1.82) is 0 Å². The molecule has 6 aromatic rings. The van der Waals surface area contributed by atoms with Crippen molar-refractivity contribution in [3.05, 3.63) is 168 Å². The average molecular weight is 853 g/mol. The molecule has 0 aliphatic heterocycles. The van der Waals surface area contributed by atoms with Crippen LogP contribution in [0.15, 0.2) is 146 Å². The van der Waals surface area contributed by atoms with Crippen LogP contribution in [-0.4, -0.2) is 21.3 Å². The Bertz CT molecular complexity index is 2120. The van der Waals surface area contributed by atoms with Gasteiger partial charge in [0.25, 0.3) is 0 Å². The number of benzene rings is 2. The molecular weight excluding hydrogens is 794 g/mol. The molecule has 2 heterocycles. The molecule has 4 aromatic carbocycles. The van der Waals surface area contributed by atoms with E-state index in [1.807, 2.05) is 42.7 Å². The minimum Gasteiger partial charge on any atom is -0.748 e. The number of aromatic nitrogens is 2. The molecule has 5 heteroatoms. The van der Waals surface area contributed by atoms with Crippen molar-refractivity contribution in [3.8, 4) is 22.3 Å². The maximum Gasteiger partial charge on any atom is 0.0305 e. The molecule has 14 rings (SSSR count). The van der Waals surface area contributed by atoms with Gasteiger partial charge in [-0.25, -0.2) is 0 Å². The molecule has 0 spiro atoms. The smallest absolute Gasteiger partial charge is 0.0305 e. The van der Waals surface area contributed by atoms with Gasteiger partial charge in [-0.05, 0) is 152 Å².